The van der Waals surface area contributed by atoms with Gasteiger partial charge in [-0.15, -0.1) is 0 Å². The molecule has 1 N–H and O–H groups in total. The van der Waals surface area contributed by atoms with Crippen LogP contribution < -0.4 is 0 Å². The van der Waals surface area contributed by atoms with Crippen molar-refractivity contribution in [2.75, 3.05) is 0 Å². The SMILES string of the molecule is CC(C)(O)[C@H]1C(=O)N([Si](C)(C)C(C)(C)C)[C@@H]1CC(=O)[Si](C)(C)C. The fourth-order valence-electron chi connectivity index (χ4n) is 3.07. The Kier molecular flexibility index (Phi) is 5.20. The fourth-order valence-corrected chi connectivity index (χ4v) is 6.38. The third-order valence-electron chi connectivity index (χ3n) is 5.65. The van der Waals surface area contributed by atoms with Crippen molar-refractivity contribution >= 4 is 27.6 Å². The Hall–Kier alpha value is -0.466. The van der Waals surface area contributed by atoms with Crippen molar-refractivity contribution in [2.45, 2.75) is 90.5 Å². The number of hydrogen-bond acceptors (Lipinski definition) is 3. The largest absolute Gasteiger partial charge is 0.390 e. The average molecular weight is 358 g/mol. The lowest BCUT2D eigenvalue weighted by molar-refractivity contribution is -0.164. The van der Waals surface area contributed by atoms with Crippen LogP contribution in [0, 0.1) is 5.92 Å². The molecule has 1 fully saturated rings. The van der Waals surface area contributed by atoms with E-state index < -0.39 is 27.8 Å². The molecule has 23 heavy (non-hydrogen) atoms. The summed E-state index contributed by atoms with van der Waals surface area (Å²) in [4.78, 5) is 25.5. The zero-order valence-electron chi connectivity index (χ0n) is 16.6. The standard InChI is InChI=1S/C17H35NO3Si2/c1-16(2,3)23(9,10)18-12(11-13(19)22(6,7)8)14(15(18)20)17(4,5)21/h12,14,21H,11H2,1-10H3/t12-,14-/m1/s1. The van der Waals surface area contributed by atoms with Gasteiger partial charge in [0.25, 0.3) is 0 Å². The predicted octanol–water partition coefficient (Wildman–Crippen LogP) is 3.43. The molecule has 0 aliphatic carbocycles. The quantitative estimate of drug-likeness (QED) is 0.606. The van der Waals surface area contributed by atoms with E-state index in [1.807, 2.05) is 24.2 Å². The summed E-state index contributed by atoms with van der Waals surface area (Å²) in [5, 5.41) is 10.8. The molecule has 0 aromatic rings. The second kappa shape index (κ2) is 5.81. The Morgan fingerprint density at radius 1 is 1.09 bits per heavy atom. The third kappa shape index (κ3) is 3.79. The first kappa shape index (κ1) is 20.6. The number of aliphatic hydroxyl groups is 1. The second-order valence-electron chi connectivity index (χ2n) is 10.1. The van der Waals surface area contributed by atoms with E-state index in [4.69, 9.17) is 0 Å². The summed E-state index contributed by atoms with van der Waals surface area (Å²) in [7, 11) is -3.95. The van der Waals surface area contributed by atoms with Gasteiger partial charge in [-0.05, 0) is 18.9 Å². The van der Waals surface area contributed by atoms with Gasteiger partial charge in [-0.25, -0.2) is 0 Å². The first-order valence-corrected chi connectivity index (χ1v) is 15.0. The smallest absolute Gasteiger partial charge is 0.223 e. The van der Waals surface area contributed by atoms with Crippen LogP contribution in [0.1, 0.15) is 41.0 Å². The van der Waals surface area contributed by atoms with Crippen molar-refractivity contribution in [1.29, 1.82) is 0 Å². The van der Waals surface area contributed by atoms with Crippen LogP contribution in [0.4, 0.5) is 0 Å². The van der Waals surface area contributed by atoms with Gasteiger partial charge in [-0.3, -0.25) is 4.79 Å². The molecule has 1 rings (SSSR count). The minimum absolute atomic E-state index is 0.0215. The molecule has 6 heteroatoms. The maximum absolute atomic E-state index is 12.8. The van der Waals surface area contributed by atoms with Crippen LogP contribution in [-0.2, 0) is 9.59 Å². The molecule has 0 saturated carbocycles. The van der Waals surface area contributed by atoms with E-state index in [1.165, 1.54) is 0 Å². The molecular weight excluding hydrogens is 322 g/mol. The van der Waals surface area contributed by atoms with E-state index in [0.29, 0.717) is 6.42 Å². The lowest BCUT2D eigenvalue weighted by Gasteiger charge is -2.60. The van der Waals surface area contributed by atoms with Crippen LogP contribution in [0.25, 0.3) is 0 Å². The molecule has 0 unspecified atom stereocenters. The summed E-state index contributed by atoms with van der Waals surface area (Å²) < 4.78 is 1.99. The third-order valence-corrected chi connectivity index (χ3v) is 13.0. The van der Waals surface area contributed by atoms with Gasteiger partial charge in [-0.1, -0.05) is 53.5 Å². The summed E-state index contributed by atoms with van der Waals surface area (Å²) in [5.41, 5.74) is -1.08. The zero-order chi connectivity index (χ0) is 18.6. The van der Waals surface area contributed by atoms with Gasteiger partial charge in [-0.2, -0.15) is 0 Å². The zero-order valence-corrected chi connectivity index (χ0v) is 18.6. The first-order valence-electron chi connectivity index (χ1n) is 8.51. The Bertz CT molecular complexity index is 495. The van der Waals surface area contributed by atoms with Crippen LogP contribution >= 0.6 is 0 Å². The number of hydrogen-bond donors (Lipinski definition) is 1. The van der Waals surface area contributed by atoms with Crippen molar-refractivity contribution in [2.24, 2.45) is 5.92 Å². The van der Waals surface area contributed by atoms with Gasteiger partial charge in [0.15, 0.2) is 8.24 Å². The summed E-state index contributed by atoms with van der Waals surface area (Å²) in [5.74, 6) is -0.436. The second-order valence-corrected chi connectivity index (χ2v) is 20.3. The van der Waals surface area contributed by atoms with Gasteiger partial charge < -0.3 is 14.5 Å². The number of carbonyl (C=O) groups is 2. The van der Waals surface area contributed by atoms with Crippen molar-refractivity contribution in [1.82, 2.24) is 4.57 Å². The van der Waals surface area contributed by atoms with Crippen molar-refractivity contribution in [3.63, 3.8) is 0 Å². The molecule has 0 radical (unpaired) electrons. The highest BCUT2D eigenvalue weighted by atomic mass is 28.3. The monoisotopic (exact) mass is 357 g/mol. The molecule has 0 bridgehead atoms. The van der Waals surface area contributed by atoms with Crippen LogP contribution in [-0.4, -0.2) is 48.9 Å². The summed E-state index contributed by atoms with van der Waals surface area (Å²) in [6.45, 7) is 20.4. The Morgan fingerprint density at radius 3 is 1.83 bits per heavy atom. The molecular formula is C17H35NO3Si2. The molecule has 1 aliphatic heterocycles. The number of carbonyl (C=O) groups excluding carboxylic acids is 2. The average Bonchev–Trinajstić information content (AvgIpc) is 2.22. The van der Waals surface area contributed by atoms with Gasteiger partial charge in [0, 0.05) is 12.5 Å². The Balaban J connectivity index is 3.21. The number of β-lactam (4-membered cyclic amide) rings is 1. The normalized spacial score (nSPS) is 23.8. The van der Waals surface area contributed by atoms with Crippen LogP contribution in [0.2, 0.25) is 37.8 Å². The molecule has 4 nitrogen and oxygen atoms in total. The highest BCUT2D eigenvalue weighted by Crippen LogP contribution is 2.48. The molecule has 2 atom stereocenters. The maximum atomic E-state index is 12.8. The molecule has 0 spiro atoms. The Morgan fingerprint density at radius 2 is 1.52 bits per heavy atom. The molecule has 134 valence electrons. The van der Waals surface area contributed by atoms with E-state index in [1.54, 1.807) is 13.8 Å². The topological polar surface area (TPSA) is 57.6 Å². The fraction of sp³-hybridized carbons (Fsp3) is 0.882. The van der Waals surface area contributed by atoms with Gasteiger partial charge in [0.2, 0.25) is 5.91 Å². The Labute approximate surface area is 143 Å². The molecule has 1 saturated heterocycles. The van der Waals surface area contributed by atoms with Crippen molar-refractivity contribution in [3.05, 3.63) is 0 Å². The highest BCUT2D eigenvalue weighted by molar-refractivity contribution is 7.03. The number of rotatable bonds is 5. The van der Waals surface area contributed by atoms with Crippen LogP contribution in [0.15, 0.2) is 0 Å². The van der Waals surface area contributed by atoms with Crippen LogP contribution in [0.5, 0.6) is 0 Å². The minimum Gasteiger partial charge on any atom is -0.390 e. The lowest BCUT2D eigenvalue weighted by Crippen LogP contribution is -2.76. The van der Waals surface area contributed by atoms with Gasteiger partial charge in [0.1, 0.15) is 13.5 Å². The van der Waals surface area contributed by atoms with E-state index in [2.05, 4.69) is 33.9 Å². The van der Waals surface area contributed by atoms with Crippen LogP contribution in [0.3, 0.4) is 0 Å². The summed E-state index contributed by atoms with van der Waals surface area (Å²) in [6, 6.07) is -0.150. The molecule has 0 aromatic heterocycles. The lowest BCUT2D eigenvalue weighted by atomic mass is 9.77. The van der Waals surface area contributed by atoms with E-state index in [-0.39, 0.29) is 22.4 Å². The highest BCUT2D eigenvalue weighted by Gasteiger charge is 2.61. The molecule has 1 aliphatic rings. The molecule has 1 heterocycles. The minimum atomic E-state index is -2.06. The predicted molar refractivity (Wildman–Crippen MR) is 101 cm³/mol. The van der Waals surface area contributed by atoms with E-state index in [0.717, 1.165) is 0 Å². The van der Waals surface area contributed by atoms with Gasteiger partial charge in [0.05, 0.1) is 11.5 Å². The van der Waals surface area contributed by atoms with E-state index in [9.17, 15) is 14.7 Å². The van der Waals surface area contributed by atoms with Crippen molar-refractivity contribution in [3.8, 4) is 0 Å². The van der Waals surface area contributed by atoms with Crippen molar-refractivity contribution < 1.29 is 14.7 Å². The van der Waals surface area contributed by atoms with E-state index >= 15 is 0 Å². The first-order chi connectivity index (χ1) is 9.92. The van der Waals surface area contributed by atoms with Gasteiger partial charge >= 0.3 is 0 Å². The molecule has 1 amide bonds. The summed E-state index contributed by atoms with van der Waals surface area (Å²) >= 11 is 0. The maximum Gasteiger partial charge on any atom is 0.223 e. The number of nitrogens with zero attached hydrogens (tertiary/aromatic N) is 1. The molecule has 0 aromatic carbocycles. The summed E-state index contributed by atoms with van der Waals surface area (Å²) in [6.07, 6.45) is 0.391. The number of amides is 1.